The smallest absolute Gasteiger partial charge is 0.0499 e. The van der Waals surface area contributed by atoms with E-state index in [1.165, 1.54) is 0 Å². The van der Waals surface area contributed by atoms with Crippen LogP contribution in [0, 0.1) is 0 Å². The zero-order chi connectivity index (χ0) is 11.5. The summed E-state index contributed by atoms with van der Waals surface area (Å²) in [5.74, 6) is 0. The Bertz CT molecular complexity index is 513. The van der Waals surface area contributed by atoms with E-state index < -0.39 is 0 Å². The molecular formula is C14H10Cl2. The molecule has 2 aromatic rings. The van der Waals surface area contributed by atoms with E-state index in [0.29, 0.717) is 10.0 Å². The predicted molar refractivity (Wildman–Crippen MR) is 72.0 cm³/mol. The van der Waals surface area contributed by atoms with Crippen LogP contribution < -0.4 is 0 Å². The van der Waals surface area contributed by atoms with Gasteiger partial charge in [0.15, 0.2) is 0 Å². The van der Waals surface area contributed by atoms with Crippen LogP contribution in [0.5, 0.6) is 0 Å². The van der Waals surface area contributed by atoms with Crippen LogP contribution in [0.4, 0.5) is 0 Å². The first-order valence-electron chi connectivity index (χ1n) is 4.88. The number of hydrogen-bond acceptors (Lipinski definition) is 0. The number of rotatable bonds is 2. The van der Waals surface area contributed by atoms with E-state index >= 15 is 0 Å². The molecule has 0 aliphatic rings. The molecule has 0 atom stereocenters. The first-order valence-corrected chi connectivity index (χ1v) is 5.64. The molecule has 0 spiro atoms. The molecule has 0 N–H and O–H groups in total. The van der Waals surface area contributed by atoms with Crippen molar-refractivity contribution in [1.82, 2.24) is 0 Å². The third-order valence-corrected chi connectivity index (χ3v) is 2.94. The molecule has 2 rings (SSSR count). The molecule has 0 radical (unpaired) electrons. The molecule has 0 saturated carbocycles. The molecule has 0 saturated heterocycles. The third-order valence-electron chi connectivity index (χ3n) is 2.39. The second-order valence-corrected chi connectivity index (χ2v) is 4.29. The van der Waals surface area contributed by atoms with Gasteiger partial charge in [0.25, 0.3) is 0 Å². The van der Waals surface area contributed by atoms with Crippen LogP contribution in [0.2, 0.25) is 10.0 Å². The van der Waals surface area contributed by atoms with Gasteiger partial charge < -0.3 is 0 Å². The first-order chi connectivity index (χ1) is 7.70. The van der Waals surface area contributed by atoms with Crippen LogP contribution in [0.1, 0.15) is 5.56 Å². The summed E-state index contributed by atoms with van der Waals surface area (Å²) in [7, 11) is 0. The van der Waals surface area contributed by atoms with Crippen LogP contribution >= 0.6 is 23.2 Å². The van der Waals surface area contributed by atoms with Gasteiger partial charge in [-0.1, -0.05) is 66.2 Å². The van der Waals surface area contributed by atoms with Gasteiger partial charge in [-0.25, -0.2) is 0 Å². The van der Waals surface area contributed by atoms with Crippen molar-refractivity contribution >= 4 is 29.3 Å². The van der Waals surface area contributed by atoms with Gasteiger partial charge in [-0.2, -0.15) is 0 Å². The Balaban J connectivity index is 2.46. The van der Waals surface area contributed by atoms with E-state index in [-0.39, 0.29) is 0 Å². The average Bonchev–Trinajstić information content (AvgIpc) is 2.29. The molecule has 0 bridgehead atoms. The van der Waals surface area contributed by atoms with E-state index in [2.05, 4.69) is 6.58 Å². The van der Waals surface area contributed by atoms with Gasteiger partial charge in [-0.05, 0) is 23.3 Å². The van der Waals surface area contributed by atoms with Gasteiger partial charge in [-0.3, -0.25) is 0 Å². The van der Waals surface area contributed by atoms with E-state index in [1.54, 1.807) is 6.07 Å². The van der Waals surface area contributed by atoms with Gasteiger partial charge in [0.2, 0.25) is 0 Å². The minimum absolute atomic E-state index is 0.650. The first kappa shape index (κ1) is 11.3. The Labute approximate surface area is 105 Å². The Kier molecular flexibility index (Phi) is 3.33. The van der Waals surface area contributed by atoms with Crippen molar-refractivity contribution in [1.29, 1.82) is 0 Å². The molecule has 0 nitrogen and oxygen atoms in total. The second-order valence-electron chi connectivity index (χ2n) is 3.45. The lowest BCUT2D eigenvalue weighted by Crippen LogP contribution is -1.80. The fraction of sp³-hybridized carbons (Fsp3) is 0. The Morgan fingerprint density at radius 3 is 2.19 bits per heavy atom. The summed E-state index contributed by atoms with van der Waals surface area (Å²) in [6.07, 6.45) is 1.81. The third kappa shape index (κ3) is 2.29. The maximum atomic E-state index is 6.13. The topological polar surface area (TPSA) is 0 Å². The number of benzene rings is 2. The van der Waals surface area contributed by atoms with Gasteiger partial charge in [-0.15, -0.1) is 0 Å². The summed E-state index contributed by atoms with van der Waals surface area (Å²) in [4.78, 5) is 0. The fourth-order valence-electron chi connectivity index (χ4n) is 1.52. The Hall–Kier alpha value is -1.24. The summed E-state index contributed by atoms with van der Waals surface area (Å²) in [6.45, 7) is 3.72. The van der Waals surface area contributed by atoms with Gasteiger partial charge in [0, 0.05) is 15.6 Å². The highest BCUT2D eigenvalue weighted by molar-refractivity contribution is 6.36. The monoisotopic (exact) mass is 248 g/mol. The minimum atomic E-state index is 0.650. The molecular weight excluding hydrogens is 239 g/mol. The summed E-state index contributed by atoms with van der Waals surface area (Å²) in [5.41, 5.74) is 3.16. The van der Waals surface area contributed by atoms with Crippen LogP contribution in [0.3, 0.4) is 0 Å². The summed E-state index contributed by atoms with van der Waals surface area (Å²) in [6, 6.07) is 13.6. The molecule has 2 heteroatoms. The zero-order valence-electron chi connectivity index (χ0n) is 8.58. The summed E-state index contributed by atoms with van der Waals surface area (Å²) >= 11 is 12.0. The SMILES string of the molecule is C=Cc1ccc(-c2ccc(Cl)cc2Cl)cc1. The molecule has 16 heavy (non-hydrogen) atoms. The van der Waals surface area contributed by atoms with Crippen LogP contribution in [-0.2, 0) is 0 Å². The average molecular weight is 249 g/mol. The van der Waals surface area contributed by atoms with Gasteiger partial charge in [0.05, 0.1) is 0 Å². The predicted octanol–water partition coefficient (Wildman–Crippen LogP) is 5.30. The van der Waals surface area contributed by atoms with Crippen LogP contribution in [-0.4, -0.2) is 0 Å². The highest BCUT2D eigenvalue weighted by Gasteiger charge is 2.03. The molecule has 0 heterocycles. The van der Waals surface area contributed by atoms with Crippen molar-refractivity contribution in [2.24, 2.45) is 0 Å². The minimum Gasteiger partial charge on any atom is -0.0985 e. The second kappa shape index (κ2) is 4.73. The highest BCUT2D eigenvalue weighted by Crippen LogP contribution is 2.30. The van der Waals surface area contributed by atoms with Crippen molar-refractivity contribution in [2.45, 2.75) is 0 Å². The van der Waals surface area contributed by atoms with Gasteiger partial charge >= 0.3 is 0 Å². The van der Waals surface area contributed by atoms with Crippen molar-refractivity contribution < 1.29 is 0 Å². The van der Waals surface area contributed by atoms with Crippen molar-refractivity contribution in [3.05, 3.63) is 64.7 Å². The van der Waals surface area contributed by atoms with Crippen LogP contribution in [0.15, 0.2) is 49.0 Å². The molecule has 2 aromatic carbocycles. The largest absolute Gasteiger partial charge is 0.0985 e. The quantitative estimate of drug-likeness (QED) is 0.677. The number of halogens is 2. The van der Waals surface area contributed by atoms with E-state index in [1.807, 2.05) is 42.5 Å². The molecule has 0 aliphatic carbocycles. The van der Waals surface area contributed by atoms with Crippen molar-refractivity contribution in [2.75, 3.05) is 0 Å². The summed E-state index contributed by atoms with van der Waals surface area (Å²) in [5, 5.41) is 1.32. The Morgan fingerprint density at radius 1 is 0.938 bits per heavy atom. The molecule has 0 aliphatic heterocycles. The lowest BCUT2D eigenvalue weighted by atomic mass is 10.0. The Morgan fingerprint density at radius 2 is 1.62 bits per heavy atom. The van der Waals surface area contributed by atoms with Crippen LogP contribution in [0.25, 0.3) is 17.2 Å². The van der Waals surface area contributed by atoms with Crippen molar-refractivity contribution in [3.8, 4) is 11.1 Å². The van der Waals surface area contributed by atoms with E-state index in [4.69, 9.17) is 23.2 Å². The fourth-order valence-corrected chi connectivity index (χ4v) is 2.04. The standard InChI is InChI=1S/C14H10Cl2/c1-2-10-3-5-11(6-4-10)13-8-7-12(15)9-14(13)16/h2-9H,1H2. The normalized spacial score (nSPS) is 10.1. The molecule has 0 amide bonds. The van der Waals surface area contributed by atoms with Crippen molar-refractivity contribution in [3.63, 3.8) is 0 Å². The number of hydrogen-bond donors (Lipinski definition) is 0. The molecule has 80 valence electrons. The maximum absolute atomic E-state index is 6.13. The zero-order valence-corrected chi connectivity index (χ0v) is 10.1. The lowest BCUT2D eigenvalue weighted by molar-refractivity contribution is 1.60. The maximum Gasteiger partial charge on any atom is 0.0499 e. The lowest BCUT2D eigenvalue weighted by Gasteiger charge is -2.05. The van der Waals surface area contributed by atoms with Gasteiger partial charge in [0.1, 0.15) is 0 Å². The molecule has 0 unspecified atom stereocenters. The highest BCUT2D eigenvalue weighted by atomic mass is 35.5. The summed E-state index contributed by atoms with van der Waals surface area (Å²) < 4.78 is 0. The van der Waals surface area contributed by atoms with E-state index in [9.17, 15) is 0 Å². The van der Waals surface area contributed by atoms with E-state index in [0.717, 1.165) is 16.7 Å². The molecule has 0 fully saturated rings. The molecule has 0 aromatic heterocycles.